The van der Waals surface area contributed by atoms with E-state index < -0.39 is 9.84 Å². The lowest BCUT2D eigenvalue weighted by Gasteiger charge is -2.25. The molecule has 2 heterocycles. The van der Waals surface area contributed by atoms with Gasteiger partial charge in [0.15, 0.2) is 15.0 Å². The molecule has 0 unspecified atom stereocenters. The average Bonchev–Trinajstić information content (AvgIpc) is 3.00. The first-order chi connectivity index (χ1) is 11.7. The molecular formula is C17H21FN2O3S2. The highest BCUT2D eigenvalue weighted by atomic mass is 32.2. The van der Waals surface area contributed by atoms with Gasteiger partial charge in [-0.1, -0.05) is 31.7 Å². The third-order valence-electron chi connectivity index (χ3n) is 4.74. The number of sulfone groups is 1. The van der Waals surface area contributed by atoms with E-state index in [2.05, 4.69) is 4.99 Å². The van der Waals surface area contributed by atoms with Crippen LogP contribution in [0.1, 0.15) is 25.8 Å². The van der Waals surface area contributed by atoms with Crippen molar-refractivity contribution >= 4 is 38.4 Å². The molecule has 136 valence electrons. The molecule has 2 aliphatic heterocycles. The number of nitrogens with zero attached hydrogens (tertiary/aromatic N) is 2. The molecule has 2 saturated heterocycles. The van der Waals surface area contributed by atoms with Crippen LogP contribution in [0.15, 0.2) is 23.2 Å². The Bertz CT molecular complexity index is 838. The van der Waals surface area contributed by atoms with Crippen molar-refractivity contribution < 1.29 is 17.6 Å². The maximum absolute atomic E-state index is 14.0. The average molecular weight is 384 g/mol. The molecule has 0 bridgehead atoms. The van der Waals surface area contributed by atoms with E-state index in [0.717, 1.165) is 0 Å². The molecule has 25 heavy (non-hydrogen) atoms. The number of rotatable bonds is 3. The lowest BCUT2D eigenvalue weighted by Crippen LogP contribution is -2.38. The van der Waals surface area contributed by atoms with E-state index >= 15 is 0 Å². The Hall–Kier alpha value is -1.41. The van der Waals surface area contributed by atoms with Gasteiger partial charge in [-0.25, -0.2) is 12.8 Å². The summed E-state index contributed by atoms with van der Waals surface area (Å²) < 4.78 is 38.1. The van der Waals surface area contributed by atoms with Crippen molar-refractivity contribution in [2.45, 2.75) is 38.5 Å². The van der Waals surface area contributed by atoms with Crippen LogP contribution in [0.2, 0.25) is 0 Å². The van der Waals surface area contributed by atoms with Gasteiger partial charge in [-0.05, 0) is 31.0 Å². The summed E-state index contributed by atoms with van der Waals surface area (Å²) in [7, 11) is -3.13. The maximum atomic E-state index is 14.0. The molecule has 0 saturated carbocycles. The number of carbonyl (C=O) groups excluding carboxylic acids is 1. The van der Waals surface area contributed by atoms with Crippen LogP contribution in [-0.2, 0) is 14.6 Å². The molecule has 0 N–H and O–H groups in total. The van der Waals surface area contributed by atoms with Gasteiger partial charge in [0.1, 0.15) is 5.82 Å². The molecule has 1 aromatic rings. The minimum Gasteiger partial charge on any atom is -0.315 e. The van der Waals surface area contributed by atoms with E-state index in [-0.39, 0.29) is 40.4 Å². The first kappa shape index (κ1) is 18.4. The van der Waals surface area contributed by atoms with Gasteiger partial charge >= 0.3 is 0 Å². The molecule has 3 rings (SSSR count). The molecule has 2 aliphatic rings. The minimum absolute atomic E-state index is 0.00327. The number of anilines is 1. The molecule has 0 aromatic heterocycles. The van der Waals surface area contributed by atoms with Crippen molar-refractivity contribution in [3.8, 4) is 0 Å². The summed E-state index contributed by atoms with van der Waals surface area (Å²) in [5.74, 6) is -0.737. The Balaban J connectivity index is 2.02. The molecule has 1 amide bonds. The summed E-state index contributed by atoms with van der Waals surface area (Å²) in [6.07, 6.45) is 0.681. The van der Waals surface area contributed by atoms with E-state index in [1.807, 2.05) is 13.8 Å². The second-order valence-electron chi connectivity index (χ2n) is 6.65. The normalized spacial score (nSPS) is 27.5. The molecule has 5 nitrogen and oxygen atoms in total. The van der Waals surface area contributed by atoms with Gasteiger partial charge in [-0.2, -0.15) is 4.99 Å². The van der Waals surface area contributed by atoms with Crippen molar-refractivity contribution in [3.63, 3.8) is 0 Å². The largest absolute Gasteiger partial charge is 0.315 e. The van der Waals surface area contributed by atoms with Gasteiger partial charge in [0.2, 0.25) is 0 Å². The van der Waals surface area contributed by atoms with E-state index in [9.17, 15) is 17.6 Å². The second kappa shape index (κ2) is 6.72. The zero-order valence-electron chi connectivity index (χ0n) is 14.4. The fourth-order valence-electron chi connectivity index (χ4n) is 2.98. The smallest absolute Gasteiger partial charge is 0.250 e. The van der Waals surface area contributed by atoms with Crippen LogP contribution in [0.4, 0.5) is 10.1 Å². The number of amidine groups is 1. The molecule has 0 aliphatic carbocycles. The van der Waals surface area contributed by atoms with Crippen molar-refractivity contribution in [1.82, 2.24) is 0 Å². The highest BCUT2D eigenvalue weighted by Crippen LogP contribution is 2.41. The van der Waals surface area contributed by atoms with Crippen molar-refractivity contribution in [3.05, 3.63) is 29.6 Å². The minimum atomic E-state index is -3.13. The fourth-order valence-corrected chi connectivity index (χ4v) is 6.90. The third-order valence-corrected chi connectivity index (χ3v) is 7.95. The monoisotopic (exact) mass is 384 g/mol. The first-order valence-corrected chi connectivity index (χ1v) is 11.0. The van der Waals surface area contributed by atoms with Crippen LogP contribution >= 0.6 is 11.8 Å². The lowest BCUT2D eigenvalue weighted by atomic mass is 10.1. The van der Waals surface area contributed by atoms with Gasteiger partial charge < -0.3 is 4.90 Å². The summed E-state index contributed by atoms with van der Waals surface area (Å²) in [6.45, 7) is 5.40. The number of benzene rings is 1. The highest BCUT2D eigenvalue weighted by Gasteiger charge is 2.49. The summed E-state index contributed by atoms with van der Waals surface area (Å²) in [4.78, 5) is 18.2. The zero-order valence-corrected chi connectivity index (χ0v) is 16.0. The predicted octanol–water partition coefficient (Wildman–Crippen LogP) is 2.78. The van der Waals surface area contributed by atoms with E-state index in [1.165, 1.54) is 17.8 Å². The molecule has 3 atom stereocenters. The van der Waals surface area contributed by atoms with Gasteiger partial charge in [0, 0.05) is 16.9 Å². The number of aryl methyl sites for hydroxylation is 1. The Morgan fingerprint density at radius 3 is 2.80 bits per heavy atom. The van der Waals surface area contributed by atoms with E-state index in [4.69, 9.17) is 0 Å². The summed E-state index contributed by atoms with van der Waals surface area (Å²) in [5.41, 5.74) is 1.05. The lowest BCUT2D eigenvalue weighted by molar-refractivity contribution is -0.121. The third kappa shape index (κ3) is 3.60. The Morgan fingerprint density at radius 1 is 1.44 bits per heavy atom. The van der Waals surface area contributed by atoms with Gasteiger partial charge in [-0.3, -0.25) is 4.79 Å². The number of amides is 1. The number of thioether (sulfide) groups is 1. The van der Waals surface area contributed by atoms with E-state index in [1.54, 1.807) is 24.0 Å². The standard InChI is InChI=1S/C17H21FN2O3S2/c1-4-10(2)16(21)19-17-20(12-6-5-11(3)13(18)7-12)14-8-25(22,23)9-15(14)24-17/h5-7,10,14-15H,4,8-9H2,1-3H3/t10-,14-,15+/m0/s1. The molecule has 1 aromatic carbocycles. The van der Waals surface area contributed by atoms with Gasteiger partial charge in [0.05, 0.1) is 17.5 Å². The van der Waals surface area contributed by atoms with Crippen molar-refractivity contribution in [2.24, 2.45) is 10.9 Å². The zero-order chi connectivity index (χ0) is 18.4. The number of hydrogen-bond donors (Lipinski definition) is 0. The van der Waals surface area contributed by atoms with Crippen molar-refractivity contribution in [2.75, 3.05) is 16.4 Å². The van der Waals surface area contributed by atoms with Crippen LogP contribution in [0, 0.1) is 18.7 Å². The Kier molecular flexibility index (Phi) is 4.94. The van der Waals surface area contributed by atoms with Crippen LogP contribution in [-0.4, -0.2) is 42.3 Å². The number of halogens is 1. The van der Waals surface area contributed by atoms with Crippen LogP contribution < -0.4 is 4.90 Å². The predicted molar refractivity (Wildman–Crippen MR) is 99.3 cm³/mol. The topological polar surface area (TPSA) is 66.8 Å². The van der Waals surface area contributed by atoms with Crippen LogP contribution in [0.5, 0.6) is 0 Å². The van der Waals surface area contributed by atoms with Crippen LogP contribution in [0.25, 0.3) is 0 Å². The molecule has 8 heteroatoms. The number of hydrogen-bond acceptors (Lipinski definition) is 4. The van der Waals surface area contributed by atoms with Crippen LogP contribution in [0.3, 0.4) is 0 Å². The molecule has 0 spiro atoms. The van der Waals surface area contributed by atoms with Gasteiger partial charge in [0.25, 0.3) is 5.91 Å². The summed E-state index contributed by atoms with van der Waals surface area (Å²) in [5, 5.41) is 0.288. The maximum Gasteiger partial charge on any atom is 0.250 e. The molecule has 0 radical (unpaired) electrons. The first-order valence-electron chi connectivity index (χ1n) is 8.27. The van der Waals surface area contributed by atoms with Gasteiger partial charge in [-0.15, -0.1) is 0 Å². The number of fused-ring (bicyclic) bond motifs is 1. The summed E-state index contributed by atoms with van der Waals surface area (Å²) >= 11 is 1.31. The SMILES string of the molecule is CC[C@H](C)C(=O)N=C1S[C@@H]2CS(=O)(=O)C[C@@H]2N1c1ccc(C)c(F)c1. The summed E-state index contributed by atoms with van der Waals surface area (Å²) in [6, 6.07) is 4.46. The Labute approximate surface area is 151 Å². The quantitative estimate of drug-likeness (QED) is 0.802. The highest BCUT2D eigenvalue weighted by molar-refractivity contribution is 8.16. The fraction of sp³-hybridized carbons (Fsp3) is 0.529. The van der Waals surface area contributed by atoms with E-state index in [0.29, 0.717) is 22.8 Å². The molecular weight excluding hydrogens is 363 g/mol. The number of carbonyl (C=O) groups is 1. The number of aliphatic imine (C=N–C) groups is 1. The van der Waals surface area contributed by atoms with Crippen molar-refractivity contribution in [1.29, 1.82) is 0 Å². The second-order valence-corrected chi connectivity index (χ2v) is 10.0. The Morgan fingerprint density at radius 2 is 2.16 bits per heavy atom. The molecule has 2 fully saturated rings.